The van der Waals surface area contributed by atoms with Gasteiger partial charge in [0.2, 0.25) is 0 Å². The molecule has 1 aliphatic heterocycles. The van der Waals surface area contributed by atoms with Gasteiger partial charge in [-0.25, -0.2) is 0 Å². The zero-order valence-corrected chi connectivity index (χ0v) is 9.22. The number of carbonyl (C=O) groups is 1. The largest absolute Gasteiger partial charge is 0.345 e. The van der Waals surface area contributed by atoms with Crippen molar-refractivity contribution in [2.45, 2.75) is 33.7 Å². The third-order valence-corrected chi connectivity index (χ3v) is 2.27. The van der Waals surface area contributed by atoms with Gasteiger partial charge in [-0.15, -0.1) is 0 Å². The van der Waals surface area contributed by atoms with Crippen molar-refractivity contribution in [2.75, 3.05) is 0 Å². The van der Waals surface area contributed by atoms with E-state index in [1.807, 2.05) is 45.9 Å². The first-order valence-corrected chi connectivity index (χ1v) is 5.10. The van der Waals surface area contributed by atoms with Gasteiger partial charge in [-0.2, -0.15) is 0 Å². The molecule has 1 aliphatic rings. The van der Waals surface area contributed by atoms with E-state index in [1.54, 1.807) is 0 Å². The Kier molecular flexibility index (Phi) is 3.28. The summed E-state index contributed by atoms with van der Waals surface area (Å²) >= 11 is 0. The van der Waals surface area contributed by atoms with Gasteiger partial charge >= 0.3 is 0 Å². The molecular formula is C12H17NO. The van der Waals surface area contributed by atoms with Crippen LogP contribution in [-0.4, -0.2) is 5.91 Å². The van der Waals surface area contributed by atoms with Crippen LogP contribution in [0.3, 0.4) is 0 Å². The summed E-state index contributed by atoms with van der Waals surface area (Å²) in [5.74, 6) is 0.0567. The summed E-state index contributed by atoms with van der Waals surface area (Å²) in [7, 11) is 0. The van der Waals surface area contributed by atoms with Crippen molar-refractivity contribution in [3.05, 3.63) is 34.9 Å². The molecule has 1 aromatic rings. The minimum absolute atomic E-state index is 0.0567. The van der Waals surface area contributed by atoms with Crippen LogP contribution in [0.5, 0.6) is 0 Å². The fourth-order valence-electron chi connectivity index (χ4n) is 1.60. The number of fused-ring (bicyclic) bond motifs is 1. The summed E-state index contributed by atoms with van der Waals surface area (Å²) in [4.78, 5) is 11.3. The van der Waals surface area contributed by atoms with Crippen molar-refractivity contribution in [2.24, 2.45) is 0 Å². The smallest absolute Gasteiger partial charge is 0.252 e. The van der Waals surface area contributed by atoms with Crippen LogP contribution in [0.2, 0.25) is 0 Å². The van der Waals surface area contributed by atoms with E-state index in [1.165, 1.54) is 0 Å². The van der Waals surface area contributed by atoms with Gasteiger partial charge in [0, 0.05) is 5.56 Å². The van der Waals surface area contributed by atoms with E-state index >= 15 is 0 Å². The van der Waals surface area contributed by atoms with Crippen LogP contribution >= 0.6 is 0 Å². The maximum absolute atomic E-state index is 11.3. The lowest BCUT2D eigenvalue weighted by Gasteiger charge is -2.02. The summed E-state index contributed by atoms with van der Waals surface area (Å²) in [6.45, 7) is 8.00. The molecule has 0 fully saturated rings. The Hall–Kier alpha value is -1.31. The van der Waals surface area contributed by atoms with E-state index in [2.05, 4.69) is 5.32 Å². The highest BCUT2D eigenvalue weighted by Crippen LogP contribution is 2.25. The molecule has 0 saturated carbocycles. The van der Waals surface area contributed by atoms with Gasteiger partial charge in [0.05, 0.1) is 6.04 Å². The van der Waals surface area contributed by atoms with Crippen LogP contribution in [0.15, 0.2) is 18.2 Å². The van der Waals surface area contributed by atoms with Crippen LogP contribution in [0.25, 0.3) is 0 Å². The first-order valence-electron chi connectivity index (χ1n) is 5.10. The Balaban J connectivity index is 0.000000461. The molecule has 0 aromatic heterocycles. The minimum Gasteiger partial charge on any atom is -0.345 e. The fraction of sp³-hybridized carbons (Fsp3) is 0.417. The van der Waals surface area contributed by atoms with Crippen molar-refractivity contribution in [1.82, 2.24) is 5.32 Å². The molecule has 1 aromatic carbocycles. The molecule has 0 saturated heterocycles. The number of amides is 1. The number of hydrogen-bond acceptors (Lipinski definition) is 1. The molecule has 14 heavy (non-hydrogen) atoms. The number of aryl methyl sites for hydroxylation is 1. The van der Waals surface area contributed by atoms with Crippen LogP contribution in [0.4, 0.5) is 0 Å². The SMILES string of the molecule is CC.Cc1ccc2c(c1)C(=O)NC2C. The molecule has 1 atom stereocenters. The number of carbonyl (C=O) groups excluding carboxylic acids is 1. The third kappa shape index (κ3) is 1.79. The monoisotopic (exact) mass is 191 g/mol. The lowest BCUT2D eigenvalue weighted by molar-refractivity contribution is 0.0958. The van der Waals surface area contributed by atoms with E-state index in [4.69, 9.17) is 0 Å². The Bertz CT molecular complexity index is 344. The van der Waals surface area contributed by atoms with Crippen molar-refractivity contribution in [1.29, 1.82) is 0 Å². The van der Waals surface area contributed by atoms with Crippen LogP contribution in [0.1, 0.15) is 48.3 Å². The molecule has 0 spiro atoms. The van der Waals surface area contributed by atoms with E-state index < -0.39 is 0 Å². The summed E-state index contributed by atoms with van der Waals surface area (Å²) in [6.07, 6.45) is 0. The second-order valence-corrected chi connectivity index (χ2v) is 3.29. The first kappa shape index (κ1) is 10.8. The highest BCUT2D eigenvalue weighted by atomic mass is 16.2. The number of nitrogens with one attached hydrogen (secondary N) is 1. The second kappa shape index (κ2) is 4.27. The van der Waals surface area contributed by atoms with Gasteiger partial charge in [0.1, 0.15) is 0 Å². The molecule has 0 aliphatic carbocycles. The third-order valence-electron chi connectivity index (χ3n) is 2.27. The van der Waals surface area contributed by atoms with Crippen molar-refractivity contribution in [3.8, 4) is 0 Å². The molecule has 2 heteroatoms. The summed E-state index contributed by atoms with van der Waals surface area (Å²) in [5.41, 5.74) is 3.09. The zero-order chi connectivity index (χ0) is 10.7. The average molecular weight is 191 g/mol. The van der Waals surface area contributed by atoms with Crippen molar-refractivity contribution >= 4 is 5.91 Å². The first-order chi connectivity index (χ1) is 6.68. The summed E-state index contributed by atoms with van der Waals surface area (Å²) < 4.78 is 0. The minimum atomic E-state index is 0.0567. The zero-order valence-electron chi connectivity index (χ0n) is 9.22. The molecule has 1 heterocycles. The highest BCUT2D eigenvalue weighted by Gasteiger charge is 2.24. The van der Waals surface area contributed by atoms with Crippen LogP contribution in [0, 0.1) is 6.92 Å². The Morgan fingerprint density at radius 1 is 1.29 bits per heavy atom. The molecule has 1 N–H and O–H groups in total. The maximum Gasteiger partial charge on any atom is 0.252 e. The fourth-order valence-corrected chi connectivity index (χ4v) is 1.60. The van der Waals surface area contributed by atoms with E-state index in [9.17, 15) is 4.79 Å². The standard InChI is InChI=1S/C10H11NO.C2H6/c1-6-3-4-8-7(2)11-10(12)9(8)5-6;1-2/h3-5,7H,1-2H3,(H,11,12);1-2H3. The van der Waals surface area contributed by atoms with Gasteiger partial charge < -0.3 is 5.32 Å². The number of benzene rings is 1. The predicted octanol–water partition coefficient (Wildman–Crippen LogP) is 2.83. The molecule has 76 valence electrons. The van der Waals surface area contributed by atoms with Crippen molar-refractivity contribution in [3.63, 3.8) is 0 Å². The van der Waals surface area contributed by atoms with Gasteiger partial charge in [-0.05, 0) is 25.5 Å². The van der Waals surface area contributed by atoms with Gasteiger partial charge in [0.25, 0.3) is 5.91 Å². The summed E-state index contributed by atoms with van der Waals surface area (Å²) in [5, 5.41) is 2.87. The number of hydrogen-bond donors (Lipinski definition) is 1. The lowest BCUT2D eigenvalue weighted by Crippen LogP contribution is -2.16. The van der Waals surface area contributed by atoms with Crippen molar-refractivity contribution < 1.29 is 4.79 Å². The molecule has 0 radical (unpaired) electrons. The Morgan fingerprint density at radius 2 is 1.93 bits per heavy atom. The van der Waals surface area contributed by atoms with Gasteiger partial charge in [0.15, 0.2) is 0 Å². The molecule has 0 bridgehead atoms. The lowest BCUT2D eigenvalue weighted by atomic mass is 10.0. The Morgan fingerprint density at radius 3 is 2.57 bits per heavy atom. The van der Waals surface area contributed by atoms with E-state index in [0.717, 1.165) is 16.7 Å². The predicted molar refractivity (Wildman–Crippen MR) is 58.4 cm³/mol. The topological polar surface area (TPSA) is 29.1 Å². The second-order valence-electron chi connectivity index (χ2n) is 3.29. The van der Waals surface area contributed by atoms with Gasteiger partial charge in [-0.3, -0.25) is 4.79 Å². The molecule has 1 amide bonds. The van der Waals surface area contributed by atoms with Crippen LogP contribution in [-0.2, 0) is 0 Å². The highest BCUT2D eigenvalue weighted by molar-refractivity contribution is 5.99. The maximum atomic E-state index is 11.3. The molecule has 1 unspecified atom stereocenters. The number of rotatable bonds is 0. The normalized spacial score (nSPS) is 18.0. The molecule has 2 nitrogen and oxygen atoms in total. The van der Waals surface area contributed by atoms with Gasteiger partial charge in [-0.1, -0.05) is 31.5 Å². The average Bonchev–Trinajstić information content (AvgIpc) is 2.46. The molecular weight excluding hydrogens is 174 g/mol. The van der Waals surface area contributed by atoms with Crippen LogP contribution < -0.4 is 5.32 Å². The summed E-state index contributed by atoms with van der Waals surface area (Å²) in [6, 6.07) is 6.17. The Labute approximate surface area is 85.3 Å². The van der Waals surface area contributed by atoms with E-state index in [0.29, 0.717) is 0 Å². The van der Waals surface area contributed by atoms with E-state index in [-0.39, 0.29) is 11.9 Å². The quantitative estimate of drug-likeness (QED) is 0.671. The molecule has 2 rings (SSSR count).